The van der Waals surface area contributed by atoms with E-state index in [2.05, 4.69) is 26.1 Å². The van der Waals surface area contributed by atoms with Gasteiger partial charge in [-0.25, -0.2) is 0 Å². The van der Waals surface area contributed by atoms with Gasteiger partial charge < -0.3 is 10.1 Å². The van der Waals surface area contributed by atoms with E-state index in [4.69, 9.17) is 4.74 Å². The second-order valence-electron chi connectivity index (χ2n) is 6.36. The van der Waals surface area contributed by atoms with Crippen molar-refractivity contribution in [1.29, 1.82) is 0 Å². The summed E-state index contributed by atoms with van der Waals surface area (Å²) in [6.45, 7) is 6.38. The summed E-state index contributed by atoms with van der Waals surface area (Å²) in [7, 11) is 1.62. The van der Waals surface area contributed by atoms with Crippen LogP contribution >= 0.6 is 0 Å². The minimum Gasteiger partial charge on any atom is -0.496 e. The van der Waals surface area contributed by atoms with Gasteiger partial charge >= 0.3 is 0 Å². The molecule has 0 saturated heterocycles. The van der Waals surface area contributed by atoms with Crippen LogP contribution in [0.5, 0.6) is 5.75 Å². The molecule has 1 N–H and O–H groups in total. The fraction of sp³-hybridized carbons (Fsp3) is 0.250. The van der Waals surface area contributed by atoms with Crippen LogP contribution in [0.1, 0.15) is 31.9 Å². The molecule has 0 aliphatic heterocycles. The molecule has 0 aliphatic rings. The predicted octanol–water partition coefficient (Wildman–Crippen LogP) is 4.64. The van der Waals surface area contributed by atoms with Crippen LogP contribution in [0.2, 0.25) is 0 Å². The van der Waals surface area contributed by atoms with E-state index in [0.29, 0.717) is 0 Å². The Hall–Kier alpha value is -2.55. The Labute approximate surface area is 138 Å². The first kappa shape index (κ1) is 16.8. The monoisotopic (exact) mass is 309 g/mol. The molecular weight excluding hydrogens is 286 g/mol. The fourth-order valence-electron chi connectivity index (χ4n) is 2.39. The second kappa shape index (κ2) is 7.14. The highest BCUT2D eigenvalue weighted by Gasteiger charge is 2.17. The van der Waals surface area contributed by atoms with Crippen LogP contribution in [-0.2, 0) is 10.2 Å². The quantitative estimate of drug-likeness (QED) is 0.835. The van der Waals surface area contributed by atoms with Gasteiger partial charge in [-0.15, -0.1) is 0 Å². The van der Waals surface area contributed by atoms with Crippen molar-refractivity contribution in [3.63, 3.8) is 0 Å². The molecule has 0 saturated carbocycles. The van der Waals surface area contributed by atoms with E-state index in [1.807, 2.05) is 48.5 Å². The van der Waals surface area contributed by atoms with Gasteiger partial charge in [-0.05, 0) is 29.2 Å². The maximum Gasteiger partial charge on any atom is 0.248 e. The summed E-state index contributed by atoms with van der Waals surface area (Å²) >= 11 is 0. The molecule has 0 aliphatic carbocycles. The van der Waals surface area contributed by atoms with Crippen LogP contribution in [-0.4, -0.2) is 13.0 Å². The summed E-state index contributed by atoms with van der Waals surface area (Å²) in [6.07, 6.45) is 3.28. The highest BCUT2D eigenvalue weighted by atomic mass is 16.5. The van der Waals surface area contributed by atoms with Crippen LogP contribution in [0.4, 0.5) is 5.69 Å². The lowest BCUT2D eigenvalue weighted by Gasteiger charge is -2.22. The summed E-state index contributed by atoms with van der Waals surface area (Å²) in [4.78, 5) is 12.2. The van der Waals surface area contributed by atoms with Crippen molar-refractivity contribution in [2.45, 2.75) is 26.2 Å². The number of anilines is 1. The first-order chi connectivity index (χ1) is 10.9. The Kier molecular flexibility index (Phi) is 5.22. The van der Waals surface area contributed by atoms with Crippen molar-refractivity contribution in [1.82, 2.24) is 0 Å². The Morgan fingerprint density at radius 3 is 2.39 bits per heavy atom. The summed E-state index contributed by atoms with van der Waals surface area (Å²) in [5.41, 5.74) is 2.79. The molecule has 0 heterocycles. The molecule has 120 valence electrons. The highest BCUT2D eigenvalue weighted by Crippen LogP contribution is 2.29. The Morgan fingerprint density at radius 1 is 1.04 bits per heavy atom. The average Bonchev–Trinajstić information content (AvgIpc) is 2.52. The Balaban J connectivity index is 2.16. The lowest BCUT2D eigenvalue weighted by molar-refractivity contribution is -0.111. The number of nitrogens with one attached hydrogen (secondary N) is 1. The topological polar surface area (TPSA) is 38.3 Å². The molecular formula is C20H23NO2. The van der Waals surface area contributed by atoms with E-state index in [0.717, 1.165) is 22.6 Å². The van der Waals surface area contributed by atoms with Gasteiger partial charge in [-0.3, -0.25) is 4.79 Å². The summed E-state index contributed by atoms with van der Waals surface area (Å²) in [5, 5.41) is 2.96. The van der Waals surface area contributed by atoms with Gasteiger partial charge in [0.05, 0.1) is 7.11 Å². The van der Waals surface area contributed by atoms with Crippen molar-refractivity contribution in [2.75, 3.05) is 12.4 Å². The van der Waals surface area contributed by atoms with Gasteiger partial charge in [0.15, 0.2) is 0 Å². The number of ether oxygens (including phenoxy) is 1. The van der Waals surface area contributed by atoms with E-state index >= 15 is 0 Å². The van der Waals surface area contributed by atoms with Crippen molar-refractivity contribution in [2.24, 2.45) is 0 Å². The number of para-hydroxylation sites is 2. The minimum atomic E-state index is -0.160. The molecule has 0 unspecified atom stereocenters. The number of carbonyl (C=O) groups excluding carboxylic acids is 1. The Morgan fingerprint density at radius 2 is 1.70 bits per heavy atom. The van der Waals surface area contributed by atoms with Gasteiger partial charge in [0.25, 0.3) is 0 Å². The highest BCUT2D eigenvalue weighted by molar-refractivity contribution is 6.02. The standard InChI is InChI=1S/C20H23NO2/c1-20(2,3)16-10-6-7-11-17(16)21-19(22)14-13-15-9-5-8-12-18(15)23-4/h5-14H,1-4H3,(H,21,22). The van der Waals surface area contributed by atoms with Crippen LogP contribution < -0.4 is 10.1 Å². The van der Waals surface area contributed by atoms with Crippen LogP contribution in [0.3, 0.4) is 0 Å². The number of benzene rings is 2. The molecule has 1 amide bonds. The largest absolute Gasteiger partial charge is 0.496 e. The Bertz CT molecular complexity index is 712. The van der Waals surface area contributed by atoms with Crippen molar-refractivity contribution >= 4 is 17.7 Å². The third kappa shape index (κ3) is 4.46. The molecule has 0 radical (unpaired) electrons. The van der Waals surface area contributed by atoms with E-state index in [9.17, 15) is 4.79 Å². The van der Waals surface area contributed by atoms with E-state index in [-0.39, 0.29) is 11.3 Å². The molecule has 0 bridgehead atoms. The maximum absolute atomic E-state index is 12.2. The number of hydrogen-bond donors (Lipinski definition) is 1. The number of amides is 1. The number of methoxy groups -OCH3 is 1. The van der Waals surface area contributed by atoms with Crippen LogP contribution in [0.15, 0.2) is 54.6 Å². The van der Waals surface area contributed by atoms with Gasteiger partial charge in [-0.1, -0.05) is 57.2 Å². The molecule has 23 heavy (non-hydrogen) atoms. The fourth-order valence-corrected chi connectivity index (χ4v) is 2.39. The van der Waals surface area contributed by atoms with E-state index in [1.165, 1.54) is 6.08 Å². The van der Waals surface area contributed by atoms with Crippen LogP contribution in [0, 0.1) is 0 Å². The number of hydrogen-bond acceptors (Lipinski definition) is 2. The van der Waals surface area contributed by atoms with Gasteiger partial charge in [0.1, 0.15) is 5.75 Å². The number of carbonyl (C=O) groups is 1. The summed E-state index contributed by atoms with van der Waals surface area (Å²) < 4.78 is 5.28. The van der Waals surface area contributed by atoms with Crippen LogP contribution in [0.25, 0.3) is 6.08 Å². The first-order valence-electron chi connectivity index (χ1n) is 7.63. The first-order valence-corrected chi connectivity index (χ1v) is 7.63. The lowest BCUT2D eigenvalue weighted by Crippen LogP contribution is -2.17. The predicted molar refractivity (Wildman–Crippen MR) is 95.8 cm³/mol. The average molecular weight is 309 g/mol. The zero-order valence-electron chi connectivity index (χ0n) is 14.1. The molecule has 2 rings (SSSR count). The molecule has 0 spiro atoms. The third-order valence-corrected chi connectivity index (χ3v) is 3.55. The van der Waals surface area contributed by atoms with Crippen molar-refractivity contribution in [3.8, 4) is 5.75 Å². The molecule has 2 aromatic carbocycles. The zero-order chi connectivity index (χ0) is 16.9. The van der Waals surface area contributed by atoms with E-state index in [1.54, 1.807) is 13.2 Å². The molecule has 0 fully saturated rings. The van der Waals surface area contributed by atoms with Gasteiger partial charge in [0, 0.05) is 17.3 Å². The SMILES string of the molecule is COc1ccccc1C=CC(=O)Nc1ccccc1C(C)(C)C. The molecule has 0 atom stereocenters. The normalized spacial score (nSPS) is 11.5. The van der Waals surface area contributed by atoms with E-state index < -0.39 is 0 Å². The lowest BCUT2D eigenvalue weighted by atomic mass is 9.86. The third-order valence-electron chi connectivity index (χ3n) is 3.55. The van der Waals surface area contributed by atoms with Gasteiger partial charge in [0.2, 0.25) is 5.91 Å². The molecule has 2 aromatic rings. The summed E-state index contributed by atoms with van der Waals surface area (Å²) in [5.74, 6) is 0.583. The minimum absolute atomic E-state index is 0.0315. The van der Waals surface area contributed by atoms with Gasteiger partial charge in [-0.2, -0.15) is 0 Å². The zero-order valence-corrected chi connectivity index (χ0v) is 14.1. The van der Waals surface area contributed by atoms with Crippen molar-refractivity contribution in [3.05, 3.63) is 65.7 Å². The molecule has 3 heteroatoms. The molecule has 0 aromatic heterocycles. The maximum atomic E-state index is 12.2. The van der Waals surface area contributed by atoms with Crippen molar-refractivity contribution < 1.29 is 9.53 Å². The number of rotatable bonds is 4. The second-order valence-corrected chi connectivity index (χ2v) is 6.36. The molecule has 3 nitrogen and oxygen atoms in total. The smallest absolute Gasteiger partial charge is 0.248 e. The summed E-state index contributed by atoms with van der Waals surface area (Å²) in [6, 6.07) is 15.5.